The molecule has 2 aliphatic heterocycles. The van der Waals surface area contributed by atoms with Crippen molar-refractivity contribution in [2.24, 2.45) is 10.9 Å². The highest BCUT2D eigenvalue weighted by atomic mass is 35.5. The number of allylic oxidation sites excluding steroid dienone is 5. The van der Waals surface area contributed by atoms with Crippen LogP contribution in [0.3, 0.4) is 0 Å². The van der Waals surface area contributed by atoms with E-state index in [0.29, 0.717) is 5.92 Å². The van der Waals surface area contributed by atoms with Crippen molar-refractivity contribution in [1.29, 1.82) is 0 Å². The summed E-state index contributed by atoms with van der Waals surface area (Å²) in [4.78, 5) is 4.91. The maximum absolute atomic E-state index is 4.91. The summed E-state index contributed by atoms with van der Waals surface area (Å²) in [6, 6.07) is 15.4. The van der Waals surface area contributed by atoms with Gasteiger partial charge in [-0.3, -0.25) is 0 Å². The standard InChI is InChI=1S/C27H27N2.ClH/c1-5-19-9-8-11-22-26(19)20-15-13-18(17-23(20)28-22)14-16-25-27(2,3)21-10-6-7-12-24(21)29(25)4;/h6-17,19H,5H2,1-4H3;1H/q+1;/p-1/b16-14+;. The van der Waals surface area contributed by atoms with Crippen molar-refractivity contribution < 1.29 is 17.0 Å². The molecule has 2 nitrogen and oxygen atoms in total. The Kier molecular flexibility index (Phi) is 5.15. The van der Waals surface area contributed by atoms with E-state index in [4.69, 9.17) is 4.99 Å². The second kappa shape index (κ2) is 7.52. The third-order valence-electron chi connectivity index (χ3n) is 6.61. The normalized spacial score (nSPS) is 20.5. The summed E-state index contributed by atoms with van der Waals surface area (Å²) in [6.45, 7) is 6.85. The lowest BCUT2D eigenvalue weighted by Gasteiger charge is -2.16. The highest BCUT2D eigenvalue weighted by Gasteiger charge is 2.42. The van der Waals surface area contributed by atoms with Crippen molar-refractivity contribution >= 4 is 23.0 Å². The molecule has 3 aliphatic rings. The van der Waals surface area contributed by atoms with Crippen LogP contribution in [-0.2, 0) is 5.41 Å². The molecule has 2 aromatic rings. The van der Waals surface area contributed by atoms with Crippen molar-refractivity contribution in [2.75, 3.05) is 7.05 Å². The van der Waals surface area contributed by atoms with Gasteiger partial charge in [0.1, 0.15) is 7.05 Å². The SMILES string of the molecule is CCC1C=CC=C2N=c3cc(/C=C/C4=[N+](C)c5ccccc5C4(C)C)ccc3=C21.[Cl-]. The molecule has 0 fully saturated rings. The molecule has 30 heavy (non-hydrogen) atoms. The van der Waals surface area contributed by atoms with E-state index in [2.05, 4.69) is 105 Å². The number of hydrogen-bond donors (Lipinski definition) is 0. The van der Waals surface area contributed by atoms with Crippen LogP contribution in [0, 0.1) is 5.92 Å². The van der Waals surface area contributed by atoms with Crippen molar-refractivity contribution in [3.05, 3.63) is 94.2 Å². The topological polar surface area (TPSA) is 15.4 Å². The minimum atomic E-state index is -0.00142. The number of hydrogen-bond acceptors (Lipinski definition) is 1. The van der Waals surface area contributed by atoms with Gasteiger partial charge in [0.2, 0.25) is 5.69 Å². The molecule has 0 bridgehead atoms. The van der Waals surface area contributed by atoms with Gasteiger partial charge in [0.25, 0.3) is 0 Å². The summed E-state index contributed by atoms with van der Waals surface area (Å²) in [7, 11) is 2.16. The number of nitrogens with zero attached hydrogens (tertiary/aromatic N) is 2. The van der Waals surface area contributed by atoms with Crippen molar-refractivity contribution in [3.8, 4) is 0 Å². The molecule has 0 N–H and O–H groups in total. The fraction of sp³-hybridized carbons (Fsp3) is 0.259. The average Bonchev–Trinajstić information content (AvgIpc) is 3.19. The first-order valence-corrected chi connectivity index (χ1v) is 10.5. The van der Waals surface area contributed by atoms with Crippen molar-refractivity contribution in [2.45, 2.75) is 32.6 Å². The van der Waals surface area contributed by atoms with E-state index in [0.717, 1.165) is 17.5 Å². The lowest BCUT2D eigenvalue weighted by molar-refractivity contribution is -0.401. The molecule has 1 aliphatic carbocycles. The molecule has 0 spiro atoms. The van der Waals surface area contributed by atoms with Crippen LogP contribution in [0.4, 0.5) is 5.69 Å². The Hall–Kier alpha value is -2.71. The molecule has 2 heterocycles. The lowest BCUT2D eigenvalue weighted by Crippen LogP contribution is -3.00. The number of fused-ring (bicyclic) bond motifs is 3. The third kappa shape index (κ3) is 3.02. The van der Waals surface area contributed by atoms with E-state index in [9.17, 15) is 0 Å². The molecular formula is C27H27ClN2. The molecule has 0 amide bonds. The minimum Gasteiger partial charge on any atom is -1.00 e. The minimum absolute atomic E-state index is 0. The van der Waals surface area contributed by atoms with E-state index in [1.807, 2.05) is 0 Å². The summed E-state index contributed by atoms with van der Waals surface area (Å²) in [5.74, 6) is 0.475. The van der Waals surface area contributed by atoms with Crippen LogP contribution in [0.2, 0.25) is 0 Å². The maximum Gasteiger partial charge on any atom is 0.209 e. The Morgan fingerprint density at radius 2 is 1.90 bits per heavy atom. The Morgan fingerprint density at radius 3 is 2.67 bits per heavy atom. The molecule has 2 aromatic carbocycles. The molecule has 0 saturated heterocycles. The molecule has 0 radical (unpaired) electrons. The van der Waals surface area contributed by atoms with Crippen LogP contribution >= 0.6 is 0 Å². The quantitative estimate of drug-likeness (QED) is 0.679. The van der Waals surface area contributed by atoms with Gasteiger partial charge in [-0.25, -0.2) is 4.99 Å². The fourth-order valence-electron chi connectivity index (χ4n) is 5.01. The fourth-order valence-corrected chi connectivity index (χ4v) is 5.01. The van der Waals surface area contributed by atoms with E-state index >= 15 is 0 Å². The monoisotopic (exact) mass is 414 g/mol. The predicted octanol–water partition coefficient (Wildman–Crippen LogP) is 1.67. The van der Waals surface area contributed by atoms with Gasteiger partial charge in [-0.2, -0.15) is 4.58 Å². The van der Waals surface area contributed by atoms with Crippen LogP contribution in [0.25, 0.3) is 11.6 Å². The Balaban J connectivity index is 0.00000218. The second-order valence-corrected chi connectivity index (χ2v) is 8.67. The first kappa shape index (κ1) is 20.6. The van der Waals surface area contributed by atoms with E-state index in [1.165, 1.54) is 33.3 Å². The van der Waals surface area contributed by atoms with Crippen LogP contribution < -0.4 is 23.0 Å². The maximum atomic E-state index is 4.91. The molecule has 152 valence electrons. The zero-order valence-corrected chi connectivity index (χ0v) is 18.7. The summed E-state index contributed by atoms with van der Waals surface area (Å²) < 4.78 is 2.32. The van der Waals surface area contributed by atoms with E-state index < -0.39 is 0 Å². The van der Waals surface area contributed by atoms with Gasteiger partial charge in [0, 0.05) is 28.8 Å². The smallest absolute Gasteiger partial charge is 0.209 e. The number of rotatable bonds is 3. The first-order chi connectivity index (χ1) is 14.0. The number of para-hydroxylation sites is 1. The summed E-state index contributed by atoms with van der Waals surface area (Å²) >= 11 is 0. The van der Waals surface area contributed by atoms with Gasteiger partial charge in [-0.15, -0.1) is 0 Å². The largest absolute Gasteiger partial charge is 1.00 e. The molecule has 3 heteroatoms. The molecular weight excluding hydrogens is 388 g/mol. The number of halogens is 1. The van der Waals surface area contributed by atoms with Crippen LogP contribution in [0.1, 0.15) is 38.3 Å². The number of benzene rings is 2. The van der Waals surface area contributed by atoms with E-state index in [1.54, 1.807) is 0 Å². The molecule has 5 rings (SSSR count). The molecule has 0 saturated carbocycles. The average molecular weight is 415 g/mol. The first-order valence-electron chi connectivity index (χ1n) is 10.5. The Labute approximate surface area is 184 Å². The van der Waals surface area contributed by atoms with Gasteiger partial charge < -0.3 is 12.4 Å². The van der Waals surface area contributed by atoms with Gasteiger partial charge in [0.05, 0.1) is 16.5 Å². The molecule has 1 atom stereocenters. The zero-order valence-electron chi connectivity index (χ0n) is 18.0. The van der Waals surface area contributed by atoms with Gasteiger partial charge >= 0.3 is 0 Å². The third-order valence-corrected chi connectivity index (χ3v) is 6.61. The highest BCUT2D eigenvalue weighted by molar-refractivity contribution is 6.05. The van der Waals surface area contributed by atoms with E-state index in [-0.39, 0.29) is 17.8 Å². The second-order valence-electron chi connectivity index (χ2n) is 8.67. The van der Waals surface area contributed by atoms with Crippen LogP contribution in [-0.4, -0.2) is 17.3 Å². The zero-order chi connectivity index (χ0) is 20.2. The predicted molar refractivity (Wildman–Crippen MR) is 121 cm³/mol. The lowest BCUT2D eigenvalue weighted by atomic mass is 9.81. The summed E-state index contributed by atoms with van der Waals surface area (Å²) in [6.07, 6.45) is 12.2. The Bertz CT molecular complexity index is 1270. The highest BCUT2D eigenvalue weighted by Crippen LogP contribution is 2.39. The van der Waals surface area contributed by atoms with Crippen molar-refractivity contribution in [3.63, 3.8) is 0 Å². The van der Waals surface area contributed by atoms with Gasteiger partial charge in [0.15, 0.2) is 5.71 Å². The Morgan fingerprint density at radius 1 is 1.10 bits per heavy atom. The summed E-state index contributed by atoms with van der Waals surface area (Å²) in [5.41, 5.74) is 7.72. The van der Waals surface area contributed by atoms with Crippen LogP contribution in [0.5, 0.6) is 0 Å². The van der Waals surface area contributed by atoms with Gasteiger partial charge in [-0.1, -0.05) is 49.4 Å². The summed E-state index contributed by atoms with van der Waals surface area (Å²) in [5, 5.41) is 2.39. The van der Waals surface area contributed by atoms with Crippen LogP contribution in [0.15, 0.2) is 77.5 Å². The van der Waals surface area contributed by atoms with Gasteiger partial charge in [-0.05, 0) is 49.6 Å². The molecule has 1 unspecified atom stereocenters. The molecule has 0 aromatic heterocycles. The van der Waals surface area contributed by atoms with Crippen molar-refractivity contribution in [1.82, 2.24) is 0 Å².